The Kier molecular flexibility index (Phi) is 7.76. The number of halogens is 1. The molecule has 0 bridgehead atoms. The van der Waals surface area contributed by atoms with E-state index in [1.165, 1.54) is 20.3 Å². The van der Waals surface area contributed by atoms with Crippen molar-refractivity contribution in [2.75, 3.05) is 34.0 Å². The number of amides is 1. The Morgan fingerprint density at radius 3 is 2.56 bits per heavy atom. The Hall–Kier alpha value is -2.93. The number of hydrogen-bond donors (Lipinski definition) is 1. The first-order valence-electron chi connectivity index (χ1n) is 8.07. The highest BCUT2D eigenvalue weighted by molar-refractivity contribution is 6.30. The van der Waals surface area contributed by atoms with Crippen molar-refractivity contribution in [3.63, 3.8) is 0 Å². The monoisotopic (exact) mass is 393 g/mol. The first-order chi connectivity index (χ1) is 13.0. The quantitative estimate of drug-likeness (QED) is 0.521. The van der Waals surface area contributed by atoms with E-state index >= 15 is 0 Å². The molecule has 144 valence electrons. The van der Waals surface area contributed by atoms with Gasteiger partial charge in [0.05, 0.1) is 20.8 Å². The molecule has 0 saturated heterocycles. The Balaban J connectivity index is 1.87. The number of esters is 1. The maximum absolute atomic E-state index is 12.2. The number of rotatable bonds is 9. The third kappa shape index (κ3) is 6.38. The SMILES string of the molecule is COC(=O)COc1ccc(C(=O)NCCOc2cccc(Cl)c2)cc1OC. The topological polar surface area (TPSA) is 83.1 Å². The van der Waals surface area contributed by atoms with Crippen LogP contribution in [-0.2, 0) is 9.53 Å². The lowest BCUT2D eigenvalue weighted by atomic mass is 10.2. The van der Waals surface area contributed by atoms with Crippen molar-refractivity contribution in [1.82, 2.24) is 5.32 Å². The van der Waals surface area contributed by atoms with Crippen LogP contribution in [0, 0.1) is 0 Å². The molecule has 2 rings (SSSR count). The minimum Gasteiger partial charge on any atom is -0.493 e. The zero-order valence-electron chi connectivity index (χ0n) is 15.0. The van der Waals surface area contributed by atoms with Gasteiger partial charge in [0.15, 0.2) is 18.1 Å². The Morgan fingerprint density at radius 1 is 1.04 bits per heavy atom. The highest BCUT2D eigenvalue weighted by Crippen LogP contribution is 2.28. The fraction of sp³-hybridized carbons (Fsp3) is 0.263. The molecule has 2 aromatic rings. The van der Waals surface area contributed by atoms with Gasteiger partial charge in [-0.05, 0) is 36.4 Å². The van der Waals surface area contributed by atoms with E-state index in [4.69, 9.17) is 25.8 Å². The van der Waals surface area contributed by atoms with Crippen LogP contribution < -0.4 is 19.5 Å². The molecule has 8 heteroatoms. The van der Waals surface area contributed by atoms with E-state index in [1.807, 2.05) is 0 Å². The molecule has 0 aliphatic rings. The molecule has 1 amide bonds. The van der Waals surface area contributed by atoms with Crippen LogP contribution >= 0.6 is 11.6 Å². The number of benzene rings is 2. The Morgan fingerprint density at radius 2 is 1.85 bits per heavy atom. The number of nitrogens with one attached hydrogen (secondary N) is 1. The van der Waals surface area contributed by atoms with Crippen molar-refractivity contribution >= 4 is 23.5 Å². The maximum atomic E-state index is 12.2. The molecule has 0 radical (unpaired) electrons. The molecule has 0 heterocycles. The van der Waals surface area contributed by atoms with Crippen LogP contribution in [0.2, 0.25) is 5.02 Å². The summed E-state index contributed by atoms with van der Waals surface area (Å²) >= 11 is 5.88. The van der Waals surface area contributed by atoms with E-state index < -0.39 is 5.97 Å². The van der Waals surface area contributed by atoms with Gasteiger partial charge in [-0.1, -0.05) is 17.7 Å². The third-order valence-electron chi connectivity index (χ3n) is 3.45. The Bertz CT molecular complexity index is 796. The summed E-state index contributed by atoms with van der Waals surface area (Å²) < 4.78 is 20.5. The largest absolute Gasteiger partial charge is 0.493 e. The van der Waals surface area contributed by atoms with Crippen LogP contribution in [0.4, 0.5) is 0 Å². The van der Waals surface area contributed by atoms with Gasteiger partial charge < -0.3 is 24.3 Å². The normalized spacial score (nSPS) is 10.0. The first-order valence-corrected chi connectivity index (χ1v) is 8.45. The van der Waals surface area contributed by atoms with Gasteiger partial charge in [0.1, 0.15) is 12.4 Å². The van der Waals surface area contributed by atoms with E-state index in [9.17, 15) is 9.59 Å². The standard InChI is InChI=1S/C19H20ClNO6/c1-24-17-10-13(6-7-16(17)27-12-18(22)25-2)19(23)21-8-9-26-15-5-3-4-14(20)11-15/h3-7,10-11H,8-9,12H2,1-2H3,(H,21,23). The van der Waals surface area contributed by atoms with Crippen molar-refractivity contribution in [3.8, 4) is 17.2 Å². The molecular weight excluding hydrogens is 374 g/mol. The highest BCUT2D eigenvalue weighted by atomic mass is 35.5. The number of hydrogen-bond acceptors (Lipinski definition) is 6. The molecule has 2 aromatic carbocycles. The maximum Gasteiger partial charge on any atom is 0.343 e. The fourth-order valence-electron chi connectivity index (χ4n) is 2.12. The van der Waals surface area contributed by atoms with Crippen molar-refractivity contribution in [1.29, 1.82) is 0 Å². The predicted octanol–water partition coefficient (Wildman–Crippen LogP) is 2.71. The number of carbonyl (C=O) groups is 2. The zero-order chi connectivity index (χ0) is 19.6. The smallest absolute Gasteiger partial charge is 0.343 e. The summed E-state index contributed by atoms with van der Waals surface area (Å²) in [7, 11) is 2.72. The summed E-state index contributed by atoms with van der Waals surface area (Å²) in [4.78, 5) is 23.4. The van der Waals surface area contributed by atoms with Gasteiger partial charge in [-0.15, -0.1) is 0 Å². The second-order valence-electron chi connectivity index (χ2n) is 5.29. The summed E-state index contributed by atoms with van der Waals surface area (Å²) in [6.45, 7) is 0.358. The predicted molar refractivity (Wildman–Crippen MR) is 99.8 cm³/mol. The van der Waals surface area contributed by atoms with E-state index in [-0.39, 0.29) is 12.5 Å². The summed E-state index contributed by atoms with van der Waals surface area (Å²) in [5.41, 5.74) is 0.389. The van der Waals surface area contributed by atoms with Crippen molar-refractivity contribution in [2.24, 2.45) is 0 Å². The molecule has 0 atom stereocenters. The molecular formula is C19H20ClNO6. The van der Waals surface area contributed by atoms with Crippen molar-refractivity contribution in [3.05, 3.63) is 53.1 Å². The van der Waals surface area contributed by atoms with Gasteiger partial charge >= 0.3 is 5.97 Å². The molecule has 0 saturated carbocycles. The number of carbonyl (C=O) groups excluding carboxylic acids is 2. The summed E-state index contributed by atoms with van der Waals surface area (Å²) in [5.74, 6) is 0.497. The van der Waals surface area contributed by atoms with Gasteiger partial charge in [-0.25, -0.2) is 4.79 Å². The van der Waals surface area contributed by atoms with Gasteiger partial charge in [0.2, 0.25) is 0 Å². The van der Waals surface area contributed by atoms with Crippen LogP contribution in [0.5, 0.6) is 17.2 Å². The average Bonchev–Trinajstić information content (AvgIpc) is 2.69. The summed E-state index contributed by atoms with van der Waals surface area (Å²) in [6, 6.07) is 11.7. The van der Waals surface area contributed by atoms with E-state index in [0.29, 0.717) is 41.0 Å². The molecule has 0 fully saturated rings. The lowest BCUT2D eigenvalue weighted by molar-refractivity contribution is -0.142. The molecule has 0 spiro atoms. The molecule has 27 heavy (non-hydrogen) atoms. The second kappa shape index (κ2) is 10.3. The summed E-state index contributed by atoms with van der Waals surface area (Å²) in [6.07, 6.45) is 0. The minimum atomic E-state index is -0.515. The molecule has 1 N–H and O–H groups in total. The molecule has 0 aliphatic heterocycles. The summed E-state index contributed by atoms with van der Waals surface area (Å²) in [5, 5.41) is 3.33. The van der Waals surface area contributed by atoms with Crippen LogP contribution in [0.3, 0.4) is 0 Å². The van der Waals surface area contributed by atoms with E-state index in [0.717, 1.165) is 0 Å². The van der Waals surface area contributed by atoms with Gasteiger partial charge in [-0.2, -0.15) is 0 Å². The molecule has 7 nitrogen and oxygen atoms in total. The van der Waals surface area contributed by atoms with E-state index in [2.05, 4.69) is 10.1 Å². The Labute approximate surface area is 162 Å². The average molecular weight is 394 g/mol. The zero-order valence-corrected chi connectivity index (χ0v) is 15.7. The van der Waals surface area contributed by atoms with Crippen LogP contribution in [0.1, 0.15) is 10.4 Å². The first kappa shape index (κ1) is 20.4. The van der Waals surface area contributed by atoms with Crippen LogP contribution in [0.15, 0.2) is 42.5 Å². The molecule has 0 aliphatic carbocycles. The third-order valence-corrected chi connectivity index (χ3v) is 3.69. The molecule has 0 unspecified atom stereocenters. The molecule has 0 aromatic heterocycles. The minimum absolute atomic E-state index is 0.251. The van der Waals surface area contributed by atoms with Crippen LogP contribution in [-0.4, -0.2) is 45.9 Å². The fourth-order valence-corrected chi connectivity index (χ4v) is 2.30. The van der Waals surface area contributed by atoms with Gasteiger partial charge in [0.25, 0.3) is 5.91 Å². The lowest BCUT2D eigenvalue weighted by Crippen LogP contribution is -2.28. The lowest BCUT2D eigenvalue weighted by Gasteiger charge is -2.12. The van der Waals surface area contributed by atoms with Crippen molar-refractivity contribution < 1.29 is 28.5 Å². The van der Waals surface area contributed by atoms with E-state index in [1.54, 1.807) is 36.4 Å². The van der Waals surface area contributed by atoms with Gasteiger partial charge in [-0.3, -0.25) is 4.79 Å². The second-order valence-corrected chi connectivity index (χ2v) is 5.73. The van der Waals surface area contributed by atoms with Gasteiger partial charge in [0, 0.05) is 10.6 Å². The number of methoxy groups -OCH3 is 2. The van der Waals surface area contributed by atoms with Crippen LogP contribution in [0.25, 0.3) is 0 Å². The highest BCUT2D eigenvalue weighted by Gasteiger charge is 2.12. The van der Waals surface area contributed by atoms with Crippen molar-refractivity contribution in [2.45, 2.75) is 0 Å². The number of ether oxygens (including phenoxy) is 4.